The van der Waals surface area contributed by atoms with Gasteiger partial charge >= 0.3 is 0 Å². The van der Waals surface area contributed by atoms with Gasteiger partial charge in [0.1, 0.15) is 5.78 Å². The summed E-state index contributed by atoms with van der Waals surface area (Å²) in [5, 5.41) is 10.1. The van der Waals surface area contributed by atoms with Crippen LogP contribution in [-0.4, -0.2) is 18.0 Å². The molecule has 3 heteroatoms. The first-order valence-electron chi connectivity index (χ1n) is 9.53. The second kappa shape index (κ2) is 5.79. The van der Waals surface area contributed by atoms with Gasteiger partial charge in [-0.2, -0.15) is 0 Å². The van der Waals surface area contributed by atoms with Crippen molar-refractivity contribution in [1.29, 1.82) is 0 Å². The molecule has 0 aromatic heterocycles. The molecule has 3 aliphatic rings. The molecule has 3 nitrogen and oxygen atoms in total. The Morgan fingerprint density at radius 2 is 2.08 bits per heavy atom. The van der Waals surface area contributed by atoms with E-state index in [1.807, 2.05) is 6.07 Å². The van der Waals surface area contributed by atoms with E-state index in [9.17, 15) is 9.90 Å². The number of rotatable bonds is 2. The Morgan fingerprint density at radius 3 is 2.83 bits per heavy atom. The molecule has 2 saturated carbocycles. The van der Waals surface area contributed by atoms with Crippen LogP contribution in [0.5, 0.6) is 11.5 Å². The number of methoxy groups -OCH3 is 1. The van der Waals surface area contributed by atoms with Crippen LogP contribution in [0.15, 0.2) is 12.1 Å². The molecule has 24 heavy (non-hydrogen) atoms. The zero-order valence-electron chi connectivity index (χ0n) is 14.8. The van der Waals surface area contributed by atoms with Gasteiger partial charge in [0.15, 0.2) is 11.5 Å². The van der Waals surface area contributed by atoms with Crippen LogP contribution in [0.3, 0.4) is 0 Å². The maximum absolute atomic E-state index is 12.8. The van der Waals surface area contributed by atoms with E-state index >= 15 is 0 Å². The summed E-state index contributed by atoms with van der Waals surface area (Å²) in [6, 6.07) is 3.96. The summed E-state index contributed by atoms with van der Waals surface area (Å²) >= 11 is 0. The Hall–Kier alpha value is -1.51. The molecule has 1 aromatic carbocycles. The van der Waals surface area contributed by atoms with Crippen molar-refractivity contribution in [2.24, 2.45) is 17.3 Å². The molecular formula is C21H28O3. The lowest BCUT2D eigenvalue weighted by Crippen LogP contribution is -2.50. The molecule has 0 bridgehead atoms. The molecule has 1 aromatic rings. The van der Waals surface area contributed by atoms with Crippen molar-refractivity contribution in [2.45, 2.75) is 64.2 Å². The highest BCUT2D eigenvalue weighted by Gasteiger charge is 2.54. The average Bonchev–Trinajstić information content (AvgIpc) is 2.60. The fourth-order valence-corrected chi connectivity index (χ4v) is 6.17. The van der Waals surface area contributed by atoms with Crippen LogP contribution in [-0.2, 0) is 11.2 Å². The third-order valence-electron chi connectivity index (χ3n) is 7.34. The first-order chi connectivity index (χ1) is 11.6. The Balaban J connectivity index is 1.73. The van der Waals surface area contributed by atoms with Crippen molar-refractivity contribution >= 4 is 5.78 Å². The van der Waals surface area contributed by atoms with E-state index in [0.717, 1.165) is 44.9 Å². The second-order valence-electron chi connectivity index (χ2n) is 8.00. The monoisotopic (exact) mass is 328 g/mol. The fraction of sp³-hybridized carbons (Fsp3) is 0.667. The summed E-state index contributed by atoms with van der Waals surface area (Å²) in [4.78, 5) is 12.8. The lowest BCUT2D eigenvalue weighted by Gasteiger charge is -2.54. The number of phenols is 1. The number of benzene rings is 1. The minimum atomic E-state index is -0.0437. The van der Waals surface area contributed by atoms with E-state index in [4.69, 9.17) is 4.74 Å². The van der Waals surface area contributed by atoms with Gasteiger partial charge in [-0.15, -0.1) is 0 Å². The highest BCUT2D eigenvalue weighted by Crippen LogP contribution is 2.60. The van der Waals surface area contributed by atoms with Gasteiger partial charge < -0.3 is 9.84 Å². The Labute approximate surface area is 144 Å². The van der Waals surface area contributed by atoms with Crippen molar-refractivity contribution in [1.82, 2.24) is 0 Å². The molecule has 1 N–H and O–H groups in total. The maximum Gasteiger partial charge on any atom is 0.160 e. The molecule has 3 aliphatic carbocycles. The van der Waals surface area contributed by atoms with Gasteiger partial charge in [-0.25, -0.2) is 0 Å². The van der Waals surface area contributed by atoms with Gasteiger partial charge in [0.25, 0.3) is 0 Å². The summed E-state index contributed by atoms with van der Waals surface area (Å²) in [7, 11) is 1.62. The van der Waals surface area contributed by atoms with Crippen molar-refractivity contribution in [3.63, 3.8) is 0 Å². The predicted molar refractivity (Wildman–Crippen MR) is 93.5 cm³/mol. The number of fused-ring (bicyclic) bond motifs is 5. The number of phenolic OH excluding ortho intramolecular Hbond substituents is 1. The van der Waals surface area contributed by atoms with Crippen LogP contribution < -0.4 is 4.74 Å². The summed E-state index contributed by atoms with van der Waals surface area (Å²) in [5.74, 6) is 3.07. The smallest absolute Gasteiger partial charge is 0.160 e. The Kier molecular flexibility index (Phi) is 3.85. The molecule has 0 unspecified atom stereocenters. The van der Waals surface area contributed by atoms with Gasteiger partial charge in [-0.1, -0.05) is 6.92 Å². The number of carbonyl (C=O) groups excluding carboxylic acids is 1. The molecule has 130 valence electrons. The number of aryl methyl sites for hydroxylation is 1. The van der Waals surface area contributed by atoms with Gasteiger partial charge in [-0.3, -0.25) is 4.79 Å². The molecule has 2 fully saturated rings. The van der Waals surface area contributed by atoms with E-state index in [0.29, 0.717) is 29.3 Å². The average molecular weight is 328 g/mol. The molecule has 0 aliphatic heterocycles. The number of Topliss-reactive ketones (excluding diaryl/α,β-unsaturated/α-hetero) is 1. The van der Waals surface area contributed by atoms with Gasteiger partial charge in [-0.05, 0) is 86.0 Å². The van der Waals surface area contributed by atoms with E-state index in [-0.39, 0.29) is 11.2 Å². The zero-order valence-corrected chi connectivity index (χ0v) is 14.8. The maximum atomic E-state index is 12.8. The number of hydrogen-bond acceptors (Lipinski definition) is 3. The number of hydrogen-bond donors (Lipinski definition) is 1. The molecule has 0 heterocycles. The van der Waals surface area contributed by atoms with Crippen molar-refractivity contribution in [3.8, 4) is 11.5 Å². The van der Waals surface area contributed by atoms with Crippen molar-refractivity contribution < 1.29 is 14.6 Å². The summed E-state index contributed by atoms with van der Waals surface area (Å²) in [6.45, 7) is 2.22. The van der Waals surface area contributed by atoms with Crippen LogP contribution in [0, 0.1) is 17.3 Å². The van der Waals surface area contributed by atoms with E-state index in [1.165, 1.54) is 17.5 Å². The number of ketones is 1. The number of aromatic hydroxyl groups is 1. The van der Waals surface area contributed by atoms with Crippen molar-refractivity contribution in [3.05, 3.63) is 23.3 Å². The molecule has 4 atom stereocenters. The summed E-state index contributed by atoms with van der Waals surface area (Å²) in [5.41, 5.74) is 2.60. The standard InChI is InChI=1S/C21H28O3/c1-3-21-10-9-14-15(17(21)5-4-6-20(21)23)8-7-13-11-18(22)19(24-2)12-16(13)14/h11-12,14-15,17,22H,3-10H2,1-2H3/t14-,15+,17-,21-/m0/s1. The van der Waals surface area contributed by atoms with Crippen LogP contribution in [0.2, 0.25) is 0 Å². The lowest BCUT2D eigenvalue weighted by molar-refractivity contribution is -0.142. The van der Waals surface area contributed by atoms with Gasteiger partial charge in [0.2, 0.25) is 0 Å². The third kappa shape index (κ3) is 2.13. The molecule has 0 saturated heterocycles. The Bertz CT molecular complexity index is 665. The second-order valence-corrected chi connectivity index (χ2v) is 8.00. The zero-order chi connectivity index (χ0) is 16.9. The highest BCUT2D eigenvalue weighted by atomic mass is 16.5. The normalized spacial score (nSPS) is 34.9. The number of ether oxygens (including phenoxy) is 1. The topological polar surface area (TPSA) is 46.5 Å². The lowest BCUT2D eigenvalue weighted by atomic mass is 9.49. The van der Waals surface area contributed by atoms with Crippen LogP contribution >= 0.6 is 0 Å². The summed E-state index contributed by atoms with van der Waals surface area (Å²) in [6.07, 6.45) is 8.39. The largest absolute Gasteiger partial charge is 0.504 e. The fourth-order valence-electron chi connectivity index (χ4n) is 6.17. The SMILES string of the molecule is CC[C@]12CC[C@@H]3c4cc(OC)c(O)cc4CC[C@H]3[C@@H]1CCCC2=O. The highest BCUT2D eigenvalue weighted by molar-refractivity contribution is 5.86. The van der Waals surface area contributed by atoms with Crippen molar-refractivity contribution in [2.75, 3.05) is 7.11 Å². The molecule has 4 rings (SSSR count). The van der Waals surface area contributed by atoms with E-state index in [1.54, 1.807) is 7.11 Å². The molecule has 0 spiro atoms. The van der Waals surface area contributed by atoms with E-state index in [2.05, 4.69) is 13.0 Å². The minimum Gasteiger partial charge on any atom is -0.504 e. The molecule has 0 radical (unpaired) electrons. The first kappa shape index (κ1) is 16.0. The quantitative estimate of drug-likeness (QED) is 0.862. The van der Waals surface area contributed by atoms with E-state index < -0.39 is 0 Å². The van der Waals surface area contributed by atoms with Crippen LogP contribution in [0.25, 0.3) is 0 Å². The first-order valence-corrected chi connectivity index (χ1v) is 9.53. The summed E-state index contributed by atoms with van der Waals surface area (Å²) < 4.78 is 5.35. The van der Waals surface area contributed by atoms with Gasteiger partial charge in [0.05, 0.1) is 7.11 Å². The third-order valence-corrected chi connectivity index (χ3v) is 7.34. The van der Waals surface area contributed by atoms with Crippen LogP contribution in [0.4, 0.5) is 0 Å². The van der Waals surface area contributed by atoms with Crippen LogP contribution in [0.1, 0.15) is 68.9 Å². The predicted octanol–water partition coefficient (Wildman–Crippen LogP) is 4.61. The van der Waals surface area contributed by atoms with Gasteiger partial charge in [0, 0.05) is 11.8 Å². The molecule has 0 amide bonds. The minimum absolute atomic E-state index is 0.0437. The molecular weight excluding hydrogens is 300 g/mol. The Morgan fingerprint density at radius 1 is 1.25 bits per heavy atom. The number of carbonyl (C=O) groups is 1.